The van der Waals surface area contributed by atoms with E-state index < -0.39 is 39.4 Å². The molecule has 2 amide bonds. The molecule has 200 valence electrons. The van der Waals surface area contributed by atoms with Gasteiger partial charge in [0.1, 0.15) is 0 Å². The highest BCUT2D eigenvalue weighted by Gasteiger charge is 2.42. The molecular weight excluding hydrogens is 494 g/mol. The van der Waals surface area contributed by atoms with Gasteiger partial charge in [-0.2, -0.15) is 0 Å². The number of hydrogen-bond donors (Lipinski definition) is 2. The largest absolute Gasteiger partial charge is 0.445 e. The first-order valence-electron chi connectivity index (χ1n) is 13.0. The van der Waals surface area contributed by atoms with E-state index >= 15 is 0 Å². The van der Waals surface area contributed by atoms with E-state index in [1.54, 1.807) is 24.3 Å². The Balaban J connectivity index is 1.76. The topological polar surface area (TPSA) is 136 Å². The third-order valence-corrected chi connectivity index (χ3v) is 9.32. The fourth-order valence-electron chi connectivity index (χ4n) is 5.43. The number of fused-ring (bicyclic) bond motifs is 1. The smallest absolute Gasteiger partial charge is 0.339 e. The maximum absolute atomic E-state index is 14.0. The van der Waals surface area contributed by atoms with Crippen LogP contribution in [0.2, 0.25) is 0 Å². The lowest BCUT2D eigenvalue weighted by molar-refractivity contribution is -0.140. The van der Waals surface area contributed by atoms with E-state index in [0.29, 0.717) is 56.0 Å². The normalized spacial score (nSPS) is 18.3. The summed E-state index contributed by atoms with van der Waals surface area (Å²) >= 11 is 0. The number of nitrogens with zero attached hydrogens (tertiary/aromatic N) is 1. The van der Waals surface area contributed by atoms with Crippen LogP contribution >= 0.6 is 0 Å². The van der Waals surface area contributed by atoms with Gasteiger partial charge in [-0.3, -0.25) is 9.59 Å². The molecule has 1 heterocycles. The number of esters is 1. The molecule has 37 heavy (non-hydrogen) atoms. The minimum absolute atomic E-state index is 0.0371. The lowest BCUT2D eigenvalue weighted by atomic mass is 9.84. The molecule has 2 fully saturated rings. The van der Waals surface area contributed by atoms with E-state index in [1.807, 2.05) is 6.92 Å². The number of nitrogens with one attached hydrogen (secondary N) is 1. The molecule has 1 saturated carbocycles. The molecule has 0 spiro atoms. The molecule has 0 atom stereocenters. The molecule has 10 heteroatoms. The summed E-state index contributed by atoms with van der Waals surface area (Å²) in [5, 5.41) is 3.90. The highest BCUT2D eigenvalue weighted by atomic mass is 32.2. The van der Waals surface area contributed by atoms with Gasteiger partial charge >= 0.3 is 5.97 Å². The minimum Gasteiger partial charge on any atom is -0.445 e. The van der Waals surface area contributed by atoms with Gasteiger partial charge in [0.25, 0.3) is 15.9 Å². The Morgan fingerprint density at radius 2 is 1.68 bits per heavy atom. The van der Waals surface area contributed by atoms with E-state index in [1.165, 1.54) is 12.1 Å². The summed E-state index contributed by atoms with van der Waals surface area (Å²) < 4.78 is 34.8. The Morgan fingerprint density at radius 3 is 2.30 bits per heavy atom. The Bertz CT molecular complexity index is 1280. The number of carbonyl (C=O) groups is 3. The molecule has 2 aromatic carbocycles. The van der Waals surface area contributed by atoms with Crippen molar-refractivity contribution >= 4 is 38.6 Å². The Morgan fingerprint density at radius 1 is 1.03 bits per heavy atom. The molecule has 0 bridgehead atoms. The lowest BCUT2D eigenvalue weighted by Gasteiger charge is -2.34. The predicted octanol–water partition coefficient (Wildman–Crippen LogP) is 3.25. The van der Waals surface area contributed by atoms with Crippen LogP contribution in [0.15, 0.2) is 41.3 Å². The summed E-state index contributed by atoms with van der Waals surface area (Å²) in [7, 11) is -4.21. The van der Waals surface area contributed by atoms with E-state index in [2.05, 4.69) is 5.32 Å². The van der Waals surface area contributed by atoms with E-state index in [0.717, 1.165) is 23.6 Å². The predicted molar refractivity (Wildman–Crippen MR) is 139 cm³/mol. The van der Waals surface area contributed by atoms with Crippen molar-refractivity contribution in [1.82, 2.24) is 9.62 Å². The third-order valence-electron chi connectivity index (χ3n) is 7.39. The molecule has 4 rings (SSSR count). The van der Waals surface area contributed by atoms with Crippen molar-refractivity contribution < 1.29 is 27.5 Å². The van der Waals surface area contributed by atoms with Crippen molar-refractivity contribution in [1.29, 1.82) is 0 Å². The number of nitrogens with two attached hydrogens (primary N) is 1. The summed E-state index contributed by atoms with van der Waals surface area (Å²) in [6.07, 6.45) is 4.85. The van der Waals surface area contributed by atoms with Crippen LogP contribution in [0.4, 0.5) is 0 Å². The zero-order valence-electron chi connectivity index (χ0n) is 21.2. The molecule has 0 aromatic heterocycles. The minimum atomic E-state index is -4.21. The molecule has 0 unspecified atom stereocenters. The van der Waals surface area contributed by atoms with E-state index in [4.69, 9.17) is 10.5 Å². The SMILES string of the molecule is CCCC(=O)N(C1CCNCC1)S(=O)(=O)c1ccc(C(=O)OC2(C(N)=O)CCCCC2)c2ccccc12. The lowest BCUT2D eigenvalue weighted by Crippen LogP contribution is -2.49. The van der Waals surface area contributed by atoms with Crippen LogP contribution < -0.4 is 11.1 Å². The van der Waals surface area contributed by atoms with Crippen LogP contribution in [0.5, 0.6) is 0 Å². The summed E-state index contributed by atoms with van der Waals surface area (Å²) in [6.45, 7) is 3.10. The average Bonchev–Trinajstić information content (AvgIpc) is 2.89. The molecule has 9 nitrogen and oxygen atoms in total. The molecule has 1 aliphatic carbocycles. The monoisotopic (exact) mass is 529 g/mol. The van der Waals surface area contributed by atoms with Crippen molar-refractivity contribution in [3.8, 4) is 0 Å². The summed E-state index contributed by atoms with van der Waals surface area (Å²) in [5.41, 5.74) is 4.43. The van der Waals surface area contributed by atoms with Gasteiger partial charge in [0, 0.05) is 11.8 Å². The van der Waals surface area contributed by atoms with Crippen molar-refractivity contribution in [2.45, 2.75) is 81.2 Å². The number of sulfonamides is 1. The Kier molecular flexibility index (Phi) is 8.18. The molecule has 2 aliphatic rings. The Labute approximate surface area is 217 Å². The van der Waals surface area contributed by atoms with Gasteiger partial charge in [0.15, 0.2) is 5.60 Å². The average molecular weight is 530 g/mol. The number of carbonyl (C=O) groups excluding carboxylic acids is 3. The van der Waals surface area contributed by atoms with Gasteiger partial charge in [-0.05, 0) is 75.6 Å². The summed E-state index contributed by atoms with van der Waals surface area (Å²) in [6, 6.07) is 8.98. The number of piperidine rings is 1. The van der Waals surface area contributed by atoms with Gasteiger partial charge in [0.05, 0.1) is 16.5 Å². The first-order valence-corrected chi connectivity index (χ1v) is 14.5. The third kappa shape index (κ3) is 5.36. The first kappa shape index (κ1) is 27.1. The van der Waals surface area contributed by atoms with Crippen molar-refractivity contribution in [2.24, 2.45) is 5.73 Å². The second-order valence-electron chi connectivity index (χ2n) is 9.89. The zero-order chi connectivity index (χ0) is 26.6. The van der Waals surface area contributed by atoms with Crippen LogP contribution in [-0.2, 0) is 24.3 Å². The van der Waals surface area contributed by atoms with Crippen molar-refractivity contribution in [2.75, 3.05) is 13.1 Å². The number of hydrogen-bond acceptors (Lipinski definition) is 7. The van der Waals surface area contributed by atoms with E-state index in [-0.39, 0.29) is 16.9 Å². The molecule has 0 radical (unpaired) electrons. The number of amides is 2. The van der Waals surface area contributed by atoms with Crippen molar-refractivity contribution in [3.63, 3.8) is 0 Å². The highest BCUT2D eigenvalue weighted by molar-refractivity contribution is 7.90. The summed E-state index contributed by atoms with van der Waals surface area (Å²) in [5.74, 6) is -1.82. The number of primary amides is 1. The van der Waals surface area contributed by atoms with E-state index in [9.17, 15) is 22.8 Å². The Hall–Kier alpha value is -2.98. The number of ether oxygens (including phenoxy) is 1. The van der Waals surface area contributed by atoms with Gasteiger partial charge in [-0.25, -0.2) is 17.5 Å². The number of benzene rings is 2. The van der Waals surface area contributed by atoms with Gasteiger partial charge in [-0.1, -0.05) is 37.6 Å². The molecule has 3 N–H and O–H groups in total. The fourth-order valence-corrected chi connectivity index (χ4v) is 7.30. The quantitative estimate of drug-likeness (QED) is 0.501. The first-order chi connectivity index (χ1) is 17.7. The maximum Gasteiger partial charge on any atom is 0.339 e. The van der Waals surface area contributed by atoms with Crippen LogP contribution in [0.25, 0.3) is 10.8 Å². The molecular formula is C27H35N3O6S. The fraction of sp³-hybridized carbons (Fsp3) is 0.519. The molecule has 2 aromatic rings. The standard InChI is InChI=1S/C27H35N3O6S/c1-2-8-24(31)30(19-13-17-29-18-14-19)37(34,35)23-12-11-22(20-9-4-5-10-21(20)23)25(32)36-27(26(28)33)15-6-3-7-16-27/h4-5,9-12,19,29H,2-3,6-8,13-18H2,1H3,(H2,28,33). The summed E-state index contributed by atoms with van der Waals surface area (Å²) in [4.78, 5) is 38.6. The van der Waals surface area contributed by atoms with Crippen LogP contribution in [-0.4, -0.2) is 55.2 Å². The van der Waals surface area contributed by atoms with Crippen molar-refractivity contribution in [3.05, 3.63) is 42.0 Å². The molecule has 1 aliphatic heterocycles. The van der Waals surface area contributed by atoms with Crippen LogP contribution in [0.1, 0.15) is 75.1 Å². The maximum atomic E-state index is 14.0. The van der Waals surface area contributed by atoms with Gasteiger partial charge in [-0.15, -0.1) is 0 Å². The number of rotatable bonds is 8. The van der Waals surface area contributed by atoms with Gasteiger partial charge in [0.2, 0.25) is 5.91 Å². The van der Waals surface area contributed by atoms with Crippen LogP contribution in [0.3, 0.4) is 0 Å². The zero-order valence-corrected chi connectivity index (χ0v) is 22.0. The van der Waals surface area contributed by atoms with Gasteiger partial charge < -0.3 is 15.8 Å². The highest BCUT2D eigenvalue weighted by Crippen LogP contribution is 2.35. The second-order valence-corrected chi connectivity index (χ2v) is 11.7. The second kappa shape index (κ2) is 11.2. The van der Waals surface area contributed by atoms with Crippen LogP contribution in [0, 0.1) is 0 Å². The molecule has 1 saturated heterocycles.